The number of carbonyl (C=O) groups excluding carboxylic acids is 1. The van der Waals surface area contributed by atoms with Gasteiger partial charge in [0, 0.05) is 5.41 Å². The van der Waals surface area contributed by atoms with Crippen molar-refractivity contribution in [2.45, 2.75) is 38.2 Å². The number of esters is 1. The van der Waals surface area contributed by atoms with E-state index < -0.39 is 22.1 Å². The van der Waals surface area contributed by atoms with E-state index in [1.807, 2.05) is 0 Å². The minimum Gasteiger partial charge on any atom is -0.461 e. The summed E-state index contributed by atoms with van der Waals surface area (Å²) in [5, 5.41) is 0. The number of ether oxygens (including phenoxy) is 1. The van der Waals surface area contributed by atoms with Gasteiger partial charge in [0.15, 0.2) is 0 Å². The summed E-state index contributed by atoms with van der Waals surface area (Å²) < 4.78 is 39.5. The topological polar surface area (TPSA) is 60.4 Å². The molecule has 2 saturated carbocycles. The molecule has 4 atom stereocenters. The van der Waals surface area contributed by atoms with E-state index in [4.69, 9.17) is 4.74 Å². The molecule has 96 valence electrons. The summed E-state index contributed by atoms with van der Waals surface area (Å²) in [5.41, 5.74) is -0.390. The quantitative estimate of drug-likeness (QED) is 0.557. The van der Waals surface area contributed by atoms with Crippen LogP contribution in [0.3, 0.4) is 0 Å². The van der Waals surface area contributed by atoms with Crippen LogP contribution < -0.4 is 0 Å². The molecule has 0 radical (unpaired) electrons. The van der Waals surface area contributed by atoms with Crippen LogP contribution in [0.15, 0.2) is 0 Å². The van der Waals surface area contributed by atoms with Crippen LogP contribution in [0.4, 0.5) is 3.89 Å². The Balaban J connectivity index is 1.89. The van der Waals surface area contributed by atoms with E-state index in [1.165, 1.54) is 0 Å². The third-order valence-electron chi connectivity index (χ3n) is 4.76. The van der Waals surface area contributed by atoms with Crippen LogP contribution in [0.5, 0.6) is 0 Å². The average molecular weight is 262 g/mol. The smallest absolute Gasteiger partial charge is 0.306 e. The van der Waals surface area contributed by atoms with Gasteiger partial charge in [-0.3, -0.25) is 4.79 Å². The first kappa shape index (κ1) is 11.4. The van der Waals surface area contributed by atoms with Crippen LogP contribution in [-0.4, -0.2) is 26.2 Å². The minimum atomic E-state index is -4.59. The van der Waals surface area contributed by atoms with Crippen LogP contribution in [-0.2, 0) is 19.8 Å². The first-order chi connectivity index (χ1) is 7.89. The number of fused-ring (bicyclic) bond motifs is 3. The van der Waals surface area contributed by atoms with Crippen molar-refractivity contribution in [1.29, 1.82) is 0 Å². The van der Waals surface area contributed by atoms with Gasteiger partial charge in [-0.1, -0.05) is 6.42 Å². The number of carbonyl (C=O) groups is 1. The highest BCUT2D eigenvalue weighted by atomic mass is 32.3. The molecule has 0 aromatic carbocycles. The molecule has 0 amide bonds. The zero-order chi connectivity index (χ0) is 12.3. The molecule has 3 rings (SSSR count). The van der Waals surface area contributed by atoms with Crippen molar-refractivity contribution in [1.82, 2.24) is 0 Å². The summed E-state index contributed by atoms with van der Waals surface area (Å²) in [5.74, 6) is -0.127. The van der Waals surface area contributed by atoms with Crippen molar-refractivity contribution >= 4 is 16.2 Å². The predicted octanol–water partition coefficient (Wildman–Crippen LogP) is 1.41. The Bertz CT molecular complexity index is 460. The number of hydrogen-bond acceptors (Lipinski definition) is 4. The highest BCUT2D eigenvalue weighted by molar-refractivity contribution is 7.86. The fourth-order valence-corrected chi connectivity index (χ4v) is 4.94. The maximum Gasteiger partial charge on any atom is 0.306 e. The highest BCUT2D eigenvalue weighted by Crippen LogP contribution is 2.62. The zero-order valence-electron chi connectivity index (χ0n) is 9.39. The normalized spacial score (nSPS) is 44.5. The molecule has 2 aliphatic carbocycles. The van der Waals surface area contributed by atoms with E-state index in [-0.39, 0.29) is 17.8 Å². The largest absolute Gasteiger partial charge is 0.461 e. The van der Waals surface area contributed by atoms with E-state index in [2.05, 4.69) is 0 Å². The van der Waals surface area contributed by atoms with Gasteiger partial charge in [-0.15, -0.1) is 3.89 Å². The SMILES string of the molecule is O=C1CC2(CC3CCC2C3)C(CS(=O)(=O)F)O1. The standard InChI is InChI=1S/C11H15FO4S/c12-17(14,15)6-9-11(5-10(13)16-9)4-7-1-2-8(11)3-7/h7-9H,1-6H2. The second-order valence-corrected chi connectivity index (χ2v) is 7.09. The summed E-state index contributed by atoms with van der Waals surface area (Å²) in [4.78, 5) is 11.4. The van der Waals surface area contributed by atoms with Gasteiger partial charge in [0.2, 0.25) is 0 Å². The molecular weight excluding hydrogens is 247 g/mol. The maximum atomic E-state index is 12.8. The molecule has 1 aliphatic heterocycles. The molecule has 2 bridgehead atoms. The molecule has 1 spiro atoms. The fraction of sp³-hybridized carbons (Fsp3) is 0.909. The van der Waals surface area contributed by atoms with E-state index in [1.54, 1.807) is 0 Å². The van der Waals surface area contributed by atoms with Crippen LogP contribution >= 0.6 is 0 Å². The molecule has 3 fully saturated rings. The third-order valence-corrected chi connectivity index (χ3v) is 5.46. The molecule has 0 N–H and O–H groups in total. The summed E-state index contributed by atoms with van der Waals surface area (Å²) in [7, 11) is -4.59. The van der Waals surface area contributed by atoms with E-state index in [9.17, 15) is 17.1 Å². The number of cyclic esters (lactones) is 1. The highest BCUT2D eigenvalue weighted by Gasteiger charge is 2.61. The lowest BCUT2D eigenvalue weighted by Gasteiger charge is -2.35. The van der Waals surface area contributed by atoms with Gasteiger partial charge in [-0.2, -0.15) is 8.42 Å². The van der Waals surface area contributed by atoms with Gasteiger partial charge in [0.25, 0.3) is 0 Å². The lowest BCUT2D eigenvalue weighted by atomic mass is 9.69. The lowest BCUT2D eigenvalue weighted by Crippen LogP contribution is -2.39. The van der Waals surface area contributed by atoms with Gasteiger partial charge >= 0.3 is 16.2 Å². The summed E-state index contributed by atoms with van der Waals surface area (Å²) >= 11 is 0. The van der Waals surface area contributed by atoms with Gasteiger partial charge < -0.3 is 4.74 Å². The minimum absolute atomic E-state index is 0.272. The summed E-state index contributed by atoms with van der Waals surface area (Å²) in [6, 6.07) is 0. The zero-order valence-corrected chi connectivity index (χ0v) is 10.2. The molecule has 1 saturated heterocycles. The van der Waals surface area contributed by atoms with Crippen LogP contribution in [0.25, 0.3) is 0 Å². The molecule has 6 heteroatoms. The van der Waals surface area contributed by atoms with E-state index in [0.717, 1.165) is 25.7 Å². The maximum absolute atomic E-state index is 12.8. The Hall–Kier alpha value is -0.650. The molecule has 1 heterocycles. The first-order valence-corrected chi connectivity index (χ1v) is 7.56. The number of halogens is 1. The Morgan fingerprint density at radius 1 is 1.41 bits per heavy atom. The van der Waals surface area contributed by atoms with Gasteiger partial charge in [0.1, 0.15) is 11.9 Å². The monoisotopic (exact) mass is 262 g/mol. The van der Waals surface area contributed by atoms with E-state index in [0.29, 0.717) is 11.8 Å². The molecular formula is C11H15FO4S. The lowest BCUT2D eigenvalue weighted by molar-refractivity contribution is -0.141. The van der Waals surface area contributed by atoms with Crippen molar-refractivity contribution in [3.8, 4) is 0 Å². The number of hydrogen-bond donors (Lipinski definition) is 0. The van der Waals surface area contributed by atoms with Crippen molar-refractivity contribution in [2.75, 3.05) is 5.75 Å². The molecule has 0 aromatic heterocycles. The fourth-order valence-electron chi connectivity index (χ4n) is 4.18. The second kappa shape index (κ2) is 3.43. The summed E-state index contributed by atoms with van der Waals surface area (Å²) in [6.45, 7) is 0. The third kappa shape index (κ3) is 1.77. The van der Waals surface area contributed by atoms with Crippen molar-refractivity contribution in [3.63, 3.8) is 0 Å². The Morgan fingerprint density at radius 3 is 2.71 bits per heavy atom. The molecule has 0 aromatic rings. The predicted molar refractivity (Wildman–Crippen MR) is 57.3 cm³/mol. The van der Waals surface area contributed by atoms with Gasteiger partial charge in [-0.05, 0) is 31.1 Å². The first-order valence-electron chi connectivity index (χ1n) is 6.01. The van der Waals surface area contributed by atoms with E-state index >= 15 is 0 Å². The molecule has 4 nitrogen and oxygen atoms in total. The summed E-state index contributed by atoms with van der Waals surface area (Å²) in [6.07, 6.45) is 3.54. The van der Waals surface area contributed by atoms with Gasteiger partial charge in [0.05, 0.1) is 6.42 Å². The molecule has 3 aliphatic rings. The second-order valence-electron chi connectivity index (χ2n) is 5.67. The molecule has 17 heavy (non-hydrogen) atoms. The van der Waals surface area contributed by atoms with Gasteiger partial charge in [-0.25, -0.2) is 0 Å². The number of rotatable bonds is 2. The van der Waals surface area contributed by atoms with Crippen LogP contribution in [0.1, 0.15) is 32.1 Å². The van der Waals surface area contributed by atoms with Crippen molar-refractivity contribution in [3.05, 3.63) is 0 Å². The van der Waals surface area contributed by atoms with Crippen molar-refractivity contribution in [2.24, 2.45) is 17.3 Å². The van der Waals surface area contributed by atoms with Crippen molar-refractivity contribution < 1.29 is 21.8 Å². The van der Waals surface area contributed by atoms with Crippen LogP contribution in [0.2, 0.25) is 0 Å². The molecule has 4 unspecified atom stereocenters. The average Bonchev–Trinajstić information content (AvgIpc) is 2.80. The Kier molecular flexibility index (Phi) is 2.31. The Morgan fingerprint density at radius 2 is 2.18 bits per heavy atom. The van der Waals surface area contributed by atoms with Crippen LogP contribution in [0, 0.1) is 17.3 Å². The Labute approximate surface area is 99.7 Å².